The van der Waals surface area contributed by atoms with Gasteiger partial charge < -0.3 is 10.4 Å². The number of nitrogens with zero attached hydrogens (tertiary/aromatic N) is 1. The van der Waals surface area contributed by atoms with Crippen molar-refractivity contribution >= 4 is 21.8 Å². The van der Waals surface area contributed by atoms with E-state index in [2.05, 4.69) is 26.2 Å². The molecule has 0 aliphatic carbocycles. The predicted molar refractivity (Wildman–Crippen MR) is 69.7 cm³/mol. The topological polar surface area (TPSA) is 62.2 Å². The standard InChI is InChI=1S/C12H17BrN2O2/c1-8(2)12(3,17)7-15-11(16)9-5-4-6-14-10(9)13/h4-6,8,17H,7H2,1-3H3,(H,15,16). The van der Waals surface area contributed by atoms with E-state index in [1.807, 2.05) is 13.8 Å². The lowest BCUT2D eigenvalue weighted by Crippen LogP contribution is -2.44. The molecule has 0 aliphatic rings. The Hall–Kier alpha value is -0.940. The van der Waals surface area contributed by atoms with Gasteiger partial charge in [0.2, 0.25) is 0 Å². The summed E-state index contributed by atoms with van der Waals surface area (Å²) in [5.74, 6) is -0.175. The van der Waals surface area contributed by atoms with Crippen LogP contribution in [0.4, 0.5) is 0 Å². The summed E-state index contributed by atoms with van der Waals surface area (Å²) < 4.78 is 0.502. The lowest BCUT2D eigenvalue weighted by atomic mass is 9.92. The fourth-order valence-electron chi connectivity index (χ4n) is 1.11. The van der Waals surface area contributed by atoms with Gasteiger partial charge in [0, 0.05) is 12.7 Å². The van der Waals surface area contributed by atoms with Crippen LogP contribution in [-0.2, 0) is 0 Å². The summed E-state index contributed by atoms with van der Waals surface area (Å²) >= 11 is 3.21. The van der Waals surface area contributed by atoms with Gasteiger partial charge in [0.25, 0.3) is 5.91 Å². The van der Waals surface area contributed by atoms with E-state index in [1.54, 1.807) is 25.3 Å². The van der Waals surface area contributed by atoms with Crippen molar-refractivity contribution in [2.45, 2.75) is 26.4 Å². The molecule has 1 aromatic heterocycles. The molecule has 5 heteroatoms. The third kappa shape index (κ3) is 3.78. The van der Waals surface area contributed by atoms with Crippen molar-refractivity contribution in [2.75, 3.05) is 6.54 Å². The predicted octanol–water partition coefficient (Wildman–Crippen LogP) is 1.98. The summed E-state index contributed by atoms with van der Waals surface area (Å²) in [5, 5.41) is 12.7. The Balaban J connectivity index is 2.66. The van der Waals surface area contributed by atoms with Gasteiger partial charge in [0.1, 0.15) is 4.60 Å². The second-order valence-electron chi connectivity index (χ2n) is 4.54. The largest absolute Gasteiger partial charge is 0.388 e. The molecule has 17 heavy (non-hydrogen) atoms. The van der Waals surface area contributed by atoms with Crippen LogP contribution in [0.3, 0.4) is 0 Å². The van der Waals surface area contributed by atoms with E-state index >= 15 is 0 Å². The first-order valence-corrected chi connectivity index (χ1v) is 6.25. The van der Waals surface area contributed by atoms with Gasteiger partial charge in [-0.15, -0.1) is 0 Å². The van der Waals surface area contributed by atoms with Gasteiger partial charge in [0.15, 0.2) is 0 Å². The van der Waals surface area contributed by atoms with Crippen LogP contribution < -0.4 is 5.32 Å². The quantitative estimate of drug-likeness (QED) is 0.836. The van der Waals surface area contributed by atoms with Crippen molar-refractivity contribution in [3.05, 3.63) is 28.5 Å². The maximum Gasteiger partial charge on any atom is 0.254 e. The Morgan fingerprint density at radius 2 is 2.29 bits per heavy atom. The van der Waals surface area contributed by atoms with Gasteiger partial charge >= 0.3 is 0 Å². The Morgan fingerprint density at radius 3 is 2.82 bits per heavy atom. The Labute approximate surface area is 110 Å². The molecule has 94 valence electrons. The number of carbonyl (C=O) groups is 1. The number of aliphatic hydroxyl groups is 1. The van der Waals surface area contributed by atoms with Gasteiger partial charge in [-0.1, -0.05) is 13.8 Å². The average molecular weight is 301 g/mol. The number of hydrogen-bond donors (Lipinski definition) is 2. The minimum absolute atomic E-state index is 0.0696. The first-order chi connectivity index (χ1) is 7.84. The van der Waals surface area contributed by atoms with Crippen LogP contribution >= 0.6 is 15.9 Å². The lowest BCUT2D eigenvalue weighted by Gasteiger charge is -2.27. The molecular weight excluding hydrogens is 284 g/mol. The molecule has 2 N–H and O–H groups in total. The molecule has 1 rings (SSSR count). The van der Waals surface area contributed by atoms with Crippen molar-refractivity contribution in [3.8, 4) is 0 Å². The zero-order valence-corrected chi connectivity index (χ0v) is 11.8. The summed E-state index contributed by atoms with van der Waals surface area (Å²) in [7, 11) is 0. The van der Waals surface area contributed by atoms with E-state index in [4.69, 9.17) is 0 Å². The van der Waals surface area contributed by atoms with Gasteiger partial charge in [-0.25, -0.2) is 4.98 Å². The second kappa shape index (κ2) is 5.60. The lowest BCUT2D eigenvalue weighted by molar-refractivity contribution is 0.0142. The maximum absolute atomic E-state index is 11.8. The van der Waals surface area contributed by atoms with Crippen LogP contribution in [0.15, 0.2) is 22.9 Å². The molecule has 0 saturated carbocycles. The monoisotopic (exact) mass is 300 g/mol. The highest BCUT2D eigenvalue weighted by Gasteiger charge is 2.25. The molecule has 4 nitrogen and oxygen atoms in total. The fourth-order valence-corrected chi connectivity index (χ4v) is 1.54. The van der Waals surface area contributed by atoms with Gasteiger partial charge in [-0.3, -0.25) is 4.79 Å². The first kappa shape index (κ1) is 14.1. The molecule has 0 spiro atoms. The number of amides is 1. The van der Waals surface area contributed by atoms with Crippen molar-refractivity contribution in [3.63, 3.8) is 0 Å². The van der Waals surface area contributed by atoms with Gasteiger partial charge in [0.05, 0.1) is 11.2 Å². The molecule has 0 radical (unpaired) electrons. The molecule has 1 unspecified atom stereocenters. The van der Waals surface area contributed by atoms with E-state index in [0.717, 1.165) is 0 Å². The maximum atomic E-state index is 11.8. The van der Waals surface area contributed by atoms with Crippen LogP contribution in [0.2, 0.25) is 0 Å². The summed E-state index contributed by atoms with van der Waals surface area (Å²) in [5.41, 5.74) is -0.447. The molecule has 0 aromatic carbocycles. The Morgan fingerprint density at radius 1 is 1.65 bits per heavy atom. The SMILES string of the molecule is CC(C)C(C)(O)CNC(=O)c1cccnc1Br. The number of pyridine rings is 1. The molecule has 0 aliphatic heterocycles. The number of nitrogens with one attached hydrogen (secondary N) is 1. The molecule has 0 saturated heterocycles. The summed E-state index contributed by atoms with van der Waals surface area (Å²) in [6, 6.07) is 3.37. The molecule has 0 bridgehead atoms. The molecule has 0 fully saturated rings. The highest BCUT2D eigenvalue weighted by Crippen LogP contribution is 2.16. The minimum atomic E-state index is -0.912. The van der Waals surface area contributed by atoms with Crippen molar-refractivity contribution in [1.82, 2.24) is 10.3 Å². The number of carbonyl (C=O) groups excluding carboxylic acids is 1. The van der Waals surface area contributed by atoms with E-state index in [1.165, 1.54) is 0 Å². The van der Waals surface area contributed by atoms with E-state index in [9.17, 15) is 9.90 Å². The highest BCUT2D eigenvalue weighted by molar-refractivity contribution is 9.10. The summed E-state index contributed by atoms with van der Waals surface area (Å²) in [4.78, 5) is 15.8. The van der Waals surface area contributed by atoms with Crippen molar-refractivity contribution < 1.29 is 9.90 Å². The van der Waals surface area contributed by atoms with E-state index < -0.39 is 5.60 Å². The smallest absolute Gasteiger partial charge is 0.254 e. The molecule has 1 heterocycles. The van der Waals surface area contributed by atoms with E-state index in [0.29, 0.717) is 10.2 Å². The highest BCUT2D eigenvalue weighted by atomic mass is 79.9. The van der Waals surface area contributed by atoms with Crippen LogP contribution in [0.1, 0.15) is 31.1 Å². The second-order valence-corrected chi connectivity index (χ2v) is 5.29. The van der Waals surface area contributed by atoms with E-state index in [-0.39, 0.29) is 18.4 Å². The van der Waals surface area contributed by atoms with Crippen LogP contribution in [0.25, 0.3) is 0 Å². The molecular formula is C12H17BrN2O2. The number of rotatable bonds is 4. The van der Waals surface area contributed by atoms with Crippen LogP contribution in [-0.4, -0.2) is 28.1 Å². The average Bonchev–Trinajstić information content (AvgIpc) is 2.26. The normalized spacial score (nSPS) is 14.5. The number of aromatic nitrogens is 1. The zero-order chi connectivity index (χ0) is 13.1. The number of hydrogen-bond acceptors (Lipinski definition) is 3. The van der Waals surface area contributed by atoms with Crippen LogP contribution in [0.5, 0.6) is 0 Å². The first-order valence-electron chi connectivity index (χ1n) is 5.45. The molecule has 1 aromatic rings. The fraction of sp³-hybridized carbons (Fsp3) is 0.500. The Kier molecular flexibility index (Phi) is 4.65. The molecule has 1 amide bonds. The summed E-state index contributed by atoms with van der Waals surface area (Å²) in [6.07, 6.45) is 1.60. The van der Waals surface area contributed by atoms with Gasteiger partial charge in [-0.2, -0.15) is 0 Å². The summed E-state index contributed by atoms with van der Waals surface area (Å²) in [6.45, 7) is 5.74. The Bertz CT molecular complexity index is 405. The minimum Gasteiger partial charge on any atom is -0.388 e. The molecule has 1 atom stereocenters. The third-order valence-corrected chi connectivity index (χ3v) is 3.49. The van der Waals surface area contributed by atoms with Crippen molar-refractivity contribution in [1.29, 1.82) is 0 Å². The van der Waals surface area contributed by atoms with Gasteiger partial charge in [-0.05, 0) is 40.9 Å². The van der Waals surface area contributed by atoms with Crippen molar-refractivity contribution in [2.24, 2.45) is 5.92 Å². The third-order valence-electron chi connectivity index (χ3n) is 2.85. The zero-order valence-electron chi connectivity index (χ0n) is 10.2. The number of halogens is 1. The van der Waals surface area contributed by atoms with Crippen LogP contribution in [0, 0.1) is 5.92 Å².